The molecule has 0 saturated heterocycles. The number of halogens is 1. The number of thiazole rings is 1. The second-order valence-corrected chi connectivity index (χ2v) is 6.44. The molecule has 0 unspecified atom stereocenters. The van der Waals surface area contributed by atoms with E-state index in [0.717, 1.165) is 11.3 Å². The van der Waals surface area contributed by atoms with Crippen LogP contribution in [0.4, 0.5) is 5.13 Å². The summed E-state index contributed by atoms with van der Waals surface area (Å²) in [6, 6.07) is 5.97. The third kappa shape index (κ3) is 2.58. The molecular weight excluding hydrogens is 282 g/mol. The largest absolute Gasteiger partial charge is 0.375 e. The lowest BCUT2D eigenvalue weighted by Gasteiger charge is -2.00. The number of primary sulfonamides is 1. The molecule has 0 radical (unpaired) electrons. The standard InChI is InChI=1S/C9H8ClN3O2S2/c10-8-7(13-9(11)16-8)5-1-3-6(4-2-5)17(12,14)15/h1-4H,(H2,11,13)(H2,12,14,15). The Labute approximate surface area is 107 Å². The van der Waals surface area contributed by atoms with E-state index in [1.807, 2.05) is 0 Å². The molecule has 8 heteroatoms. The number of nitrogens with two attached hydrogens (primary N) is 2. The van der Waals surface area contributed by atoms with Crippen molar-refractivity contribution in [1.29, 1.82) is 0 Å². The van der Waals surface area contributed by atoms with E-state index < -0.39 is 10.0 Å². The zero-order valence-electron chi connectivity index (χ0n) is 8.42. The van der Waals surface area contributed by atoms with Gasteiger partial charge in [-0.25, -0.2) is 18.5 Å². The lowest BCUT2D eigenvalue weighted by atomic mass is 10.2. The first-order valence-electron chi connectivity index (χ1n) is 4.43. The van der Waals surface area contributed by atoms with Crippen molar-refractivity contribution in [3.63, 3.8) is 0 Å². The van der Waals surface area contributed by atoms with E-state index >= 15 is 0 Å². The Hall–Kier alpha value is -1.15. The van der Waals surface area contributed by atoms with Gasteiger partial charge in [-0.1, -0.05) is 35.1 Å². The molecule has 1 heterocycles. The van der Waals surface area contributed by atoms with Crippen LogP contribution >= 0.6 is 22.9 Å². The molecule has 0 aliphatic rings. The molecule has 2 rings (SSSR count). The van der Waals surface area contributed by atoms with Gasteiger partial charge in [-0.15, -0.1) is 0 Å². The molecular formula is C9H8ClN3O2S2. The molecule has 0 atom stereocenters. The van der Waals surface area contributed by atoms with Crippen molar-refractivity contribution in [2.75, 3.05) is 5.73 Å². The van der Waals surface area contributed by atoms with Gasteiger partial charge in [-0.05, 0) is 12.1 Å². The molecule has 0 bridgehead atoms. The van der Waals surface area contributed by atoms with Gasteiger partial charge in [-0.2, -0.15) is 0 Å². The summed E-state index contributed by atoms with van der Waals surface area (Å²) in [6.07, 6.45) is 0. The second kappa shape index (κ2) is 4.26. The molecule has 0 spiro atoms. The molecule has 4 N–H and O–H groups in total. The monoisotopic (exact) mass is 289 g/mol. The number of benzene rings is 1. The van der Waals surface area contributed by atoms with Gasteiger partial charge in [0.25, 0.3) is 0 Å². The smallest absolute Gasteiger partial charge is 0.238 e. The van der Waals surface area contributed by atoms with Gasteiger partial charge in [0.2, 0.25) is 10.0 Å². The number of hydrogen-bond acceptors (Lipinski definition) is 5. The zero-order valence-corrected chi connectivity index (χ0v) is 10.8. The van der Waals surface area contributed by atoms with Gasteiger partial charge < -0.3 is 5.73 Å². The molecule has 1 aromatic heterocycles. The fourth-order valence-corrected chi connectivity index (χ4v) is 2.78. The van der Waals surface area contributed by atoms with Gasteiger partial charge in [-0.3, -0.25) is 0 Å². The van der Waals surface area contributed by atoms with Gasteiger partial charge in [0.1, 0.15) is 10.0 Å². The lowest BCUT2D eigenvalue weighted by Crippen LogP contribution is -2.11. The van der Waals surface area contributed by atoms with E-state index in [-0.39, 0.29) is 4.90 Å². The SMILES string of the molecule is Nc1nc(-c2ccc(S(N)(=O)=O)cc2)c(Cl)s1. The van der Waals surface area contributed by atoms with E-state index in [1.54, 1.807) is 12.1 Å². The van der Waals surface area contributed by atoms with Crippen molar-refractivity contribution in [3.05, 3.63) is 28.6 Å². The maximum atomic E-state index is 11.1. The summed E-state index contributed by atoms with van der Waals surface area (Å²) in [5, 5.41) is 5.35. The van der Waals surface area contributed by atoms with Crippen LogP contribution in [0.2, 0.25) is 4.34 Å². The predicted octanol–water partition coefficient (Wildman–Crippen LogP) is 1.69. The van der Waals surface area contributed by atoms with E-state index in [9.17, 15) is 8.42 Å². The summed E-state index contributed by atoms with van der Waals surface area (Å²) in [5.74, 6) is 0. The average Bonchev–Trinajstić information content (AvgIpc) is 2.57. The highest BCUT2D eigenvalue weighted by atomic mass is 35.5. The quantitative estimate of drug-likeness (QED) is 0.879. The summed E-state index contributed by atoms with van der Waals surface area (Å²) in [5.41, 5.74) is 6.75. The molecule has 5 nitrogen and oxygen atoms in total. The van der Waals surface area contributed by atoms with Crippen LogP contribution in [0.25, 0.3) is 11.3 Å². The molecule has 0 aliphatic carbocycles. The Morgan fingerprint density at radius 1 is 1.24 bits per heavy atom. The van der Waals surface area contributed by atoms with Crippen LogP contribution in [0.1, 0.15) is 0 Å². The number of hydrogen-bond donors (Lipinski definition) is 2. The predicted molar refractivity (Wildman–Crippen MR) is 68.3 cm³/mol. The lowest BCUT2D eigenvalue weighted by molar-refractivity contribution is 0.598. The molecule has 90 valence electrons. The number of rotatable bonds is 2. The highest BCUT2D eigenvalue weighted by Crippen LogP contribution is 2.33. The van der Waals surface area contributed by atoms with E-state index in [4.69, 9.17) is 22.5 Å². The van der Waals surface area contributed by atoms with Gasteiger partial charge in [0.15, 0.2) is 5.13 Å². The first-order valence-corrected chi connectivity index (χ1v) is 7.17. The van der Waals surface area contributed by atoms with E-state index in [0.29, 0.717) is 20.7 Å². The Morgan fingerprint density at radius 3 is 2.24 bits per heavy atom. The number of sulfonamides is 1. The van der Waals surface area contributed by atoms with Gasteiger partial charge in [0.05, 0.1) is 4.90 Å². The van der Waals surface area contributed by atoms with Crippen LogP contribution in [-0.4, -0.2) is 13.4 Å². The highest BCUT2D eigenvalue weighted by molar-refractivity contribution is 7.89. The summed E-state index contributed by atoms with van der Waals surface area (Å²) >= 11 is 7.11. The van der Waals surface area contributed by atoms with Crippen molar-refractivity contribution < 1.29 is 8.42 Å². The third-order valence-corrected chi connectivity index (χ3v) is 4.07. The van der Waals surface area contributed by atoms with E-state index in [1.165, 1.54) is 12.1 Å². The van der Waals surface area contributed by atoms with E-state index in [2.05, 4.69) is 4.98 Å². The Kier molecular flexibility index (Phi) is 3.09. The fourth-order valence-electron chi connectivity index (χ4n) is 1.30. The summed E-state index contributed by atoms with van der Waals surface area (Å²) < 4.78 is 22.6. The average molecular weight is 290 g/mol. The maximum absolute atomic E-state index is 11.1. The number of nitrogen functional groups attached to an aromatic ring is 1. The maximum Gasteiger partial charge on any atom is 0.238 e. The van der Waals surface area contributed by atoms with Crippen molar-refractivity contribution >= 4 is 38.1 Å². The minimum Gasteiger partial charge on any atom is -0.375 e. The van der Waals surface area contributed by atoms with Crippen LogP contribution in [-0.2, 0) is 10.0 Å². The normalized spacial score (nSPS) is 11.6. The second-order valence-electron chi connectivity index (χ2n) is 3.24. The zero-order chi connectivity index (χ0) is 12.6. The van der Waals surface area contributed by atoms with Crippen LogP contribution in [0.5, 0.6) is 0 Å². The van der Waals surface area contributed by atoms with Crippen molar-refractivity contribution in [3.8, 4) is 11.3 Å². The Bertz CT molecular complexity index is 649. The topological polar surface area (TPSA) is 99.1 Å². The van der Waals surface area contributed by atoms with Crippen LogP contribution in [0, 0.1) is 0 Å². The third-order valence-electron chi connectivity index (χ3n) is 2.06. The molecule has 2 aromatic rings. The Balaban J connectivity index is 2.46. The summed E-state index contributed by atoms with van der Waals surface area (Å²) in [4.78, 5) is 4.10. The molecule has 0 aliphatic heterocycles. The van der Waals surface area contributed by atoms with Crippen molar-refractivity contribution in [2.45, 2.75) is 4.90 Å². The molecule has 0 amide bonds. The van der Waals surface area contributed by atoms with Gasteiger partial charge in [0, 0.05) is 5.56 Å². The summed E-state index contributed by atoms with van der Waals surface area (Å²) in [6.45, 7) is 0. The highest BCUT2D eigenvalue weighted by Gasteiger charge is 2.12. The van der Waals surface area contributed by atoms with Crippen LogP contribution in [0.15, 0.2) is 29.2 Å². The fraction of sp³-hybridized carbons (Fsp3) is 0. The molecule has 0 fully saturated rings. The van der Waals surface area contributed by atoms with Crippen molar-refractivity contribution in [1.82, 2.24) is 4.98 Å². The summed E-state index contributed by atoms with van der Waals surface area (Å²) in [7, 11) is -3.68. The molecule has 0 saturated carbocycles. The van der Waals surface area contributed by atoms with Crippen LogP contribution in [0.3, 0.4) is 0 Å². The number of nitrogens with zero attached hydrogens (tertiary/aromatic N) is 1. The number of anilines is 1. The molecule has 17 heavy (non-hydrogen) atoms. The minimum absolute atomic E-state index is 0.0422. The minimum atomic E-state index is -3.68. The number of aromatic nitrogens is 1. The Morgan fingerprint density at radius 2 is 1.82 bits per heavy atom. The first-order chi connectivity index (χ1) is 7.88. The first kappa shape index (κ1) is 12.3. The molecule has 1 aromatic carbocycles. The van der Waals surface area contributed by atoms with Crippen molar-refractivity contribution in [2.24, 2.45) is 5.14 Å². The van der Waals surface area contributed by atoms with Gasteiger partial charge >= 0.3 is 0 Å². The van der Waals surface area contributed by atoms with Crippen LogP contribution < -0.4 is 10.9 Å².